The van der Waals surface area contributed by atoms with E-state index < -0.39 is 10.0 Å². The molecule has 3 rings (SSSR count). The van der Waals surface area contributed by atoms with Gasteiger partial charge in [-0.15, -0.1) is 0 Å². The van der Waals surface area contributed by atoms with Gasteiger partial charge >= 0.3 is 6.03 Å². The zero-order chi connectivity index (χ0) is 20.7. The number of carbonyl (C=O) groups excluding carboxylic acids is 1. The Morgan fingerprint density at radius 1 is 1.00 bits per heavy atom. The number of hydrogen-bond acceptors (Lipinski definition) is 4. The number of piperidine rings is 1. The van der Waals surface area contributed by atoms with Crippen molar-refractivity contribution in [2.45, 2.75) is 24.2 Å². The molecule has 9 heteroatoms. The standard InChI is InChI=1S/C20H24ClN3O4S/c21-16-4-6-17(7-5-16)23-20(25)22-12-15-28-18-8-10-19(11-9-18)29(26,27)24-13-2-1-3-14-24/h4-11H,1-3,12-15H2,(H2,22,23,25). The minimum atomic E-state index is -3.44. The van der Waals surface area contributed by atoms with E-state index in [1.54, 1.807) is 48.5 Å². The van der Waals surface area contributed by atoms with Crippen LogP contribution in [0.25, 0.3) is 0 Å². The Hall–Kier alpha value is -2.29. The number of hydrogen-bond donors (Lipinski definition) is 2. The van der Waals surface area contributed by atoms with Crippen molar-refractivity contribution in [3.05, 3.63) is 53.6 Å². The molecule has 2 aromatic rings. The molecule has 7 nitrogen and oxygen atoms in total. The van der Waals surface area contributed by atoms with E-state index in [0.29, 0.717) is 36.1 Å². The zero-order valence-electron chi connectivity index (χ0n) is 15.9. The first-order chi connectivity index (χ1) is 13.9. The van der Waals surface area contributed by atoms with Gasteiger partial charge in [-0.3, -0.25) is 0 Å². The van der Waals surface area contributed by atoms with Crippen LogP contribution in [0.1, 0.15) is 19.3 Å². The number of amides is 2. The summed E-state index contributed by atoms with van der Waals surface area (Å²) in [4.78, 5) is 12.1. The first kappa shape index (κ1) is 21.4. The second-order valence-electron chi connectivity index (χ2n) is 6.67. The summed E-state index contributed by atoms with van der Waals surface area (Å²) in [6.07, 6.45) is 2.88. The maximum Gasteiger partial charge on any atom is 0.319 e. The number of sulfonamides is 1. The van der Waals surface area contributed by atoms with Gasteiger partial charge in [0.15, 0.2) is 0 Å². The van der Waals surface area contributed by atoms with Crippen molar-refractivity contribution in [1.82, 2.24) is 9.62 Å². The lowest BCUT2D eigenvalue weighted by Crippen LogP contribution is -2.35. The summed E-state index contributed by atoms with van der Waals surface area (Å²) in [6.45, 7) is 1.70. The highest BCUT2D eigenvalue weighted by Gasteiger charge is 2.25. The lowest BCUT2D eigenvalue weighted by molar-refractivity contribution is 0.247. The van der Waals surface area contributed by atoms with Gasteiger partial charge in [-0.25, -0.2) is 13.2 Å². The molecule has 1 saturated heterocycles. The van der Waals surface area contributed by atoms with E-state index in [1.165, 1.54) is 4.31 Å². The topological polar surface area (TPSA) is 87.7 Å². The number of halogens is 1. The van der Waals surface area contributed by atoms with Gasteiger partial charge < -0.3 is 15.4 Å². The molecule has 0 spiro atoms. The lowest BCUT2D eigenvalue weighted by atomic mass is 10.2. The fraction of sp³-hybridized carbons (Fsp3) is 0.350. The van der Waals surface area contributed by atoms with Gasteiger partial charge in [0.05, 0.1) is 11.4 Å². The normalized spacial score (nSPS) is 14.9. The lowest BCUT2D eigenvalue weighted by Gasteiger charge is -2.25. The van der Waals surface area contributed by atoms with Crippen LogP contribution in [-0.4, -0.2) is 45.0 Å². The Labute approximate surface area is 176 Å². The third-order valence-electron chi connectivity index (χ3n) is 4.53. The molecule has 1 aliphatic rings. The molecule has 0 atom stereocenters. The van der Waals surface area contributed by atoms with Gasteiger partial charge in [0.2, 0.25) is 10.0 Å². The van der Waals surface area contributed by atoms with Crippen LogP contribution in [-0.2, 0) is 10.0 Å². The second kappa shape index (κ2) is 9.96. The summed E-state index contributed by atoms with van der Waals surface area (Å²) in [7, 11) is -3.44. The molecule has 156 valence electrons. The average molecular weight is 438 g/mol. The van der Waals surface area contributed by atoms with Gasteiger partial charge in [-0.1, -0.05) is 18.0 Å². The summed E-state index contributed by atoms with van der Waals surface area (Å²) < 4.78 is 32.4. The fourth-order valence-electron chi connectivity index (χ4n) is 3.00. The van der Waals surface area contributed by atoms with E-state index >= 15 is 0 Å². The van der Waals surface area contributed by atoms with Crippen LogP contribution in [0.3, 0.4) is 0 Å². The Balaban J connectivity index is 1.43. The number of urea groups is 1. The maximum absolute atomic E-state index is 12.6. The van der Waals surface area contributed by atoms with Crippen LogP contribution < -0.4 is 15.4 Å². The number of ether oxygens (including phenoxy) is 1. The van der Waals surface area contributed by atoms with Crippen LogP contribution in [0.4, 0.5) is 10.5 Å². The van der Waals surface area contributed by atoms with Crippen LogP contribution >= 0.6 is 11.6 Å². The summed E-state index contributed by atoms with van der Waals surface area (Å²) in [6, 6.07) is 12.8. The molecule has 0 radical (unpaired) electrons. The smallest absolute Gasteiger partial charge is 0.319 e. The van der Waals surface area contributed by atoms with Gasteiger partial charge in [0, 0.05) is 23.8 Å². The predicted octanol–water partition coefficient (Wildman–Crippen LogP) is 3.72. The van der Waals surface area contributed by atoms with E-state index in [2.05, 4.69) is 10.6 Å². The van der Waals surface area contributed by atoms with E-state index in [4.69, 9.17) is 16.3 Å². The van der Waals surface area contributed by atoms with Crippen LogP contribution in [0, 0.1) is 0 Å². The third kappa shape index (κ3) is 6.09. The summed E-state index contributed by atoms with van der Waals surface area (Å²) >= 11 is 5.80. The Morgan fingerprint density at radius 3 is 2.31 bits per heavy atom. The highest BCUT2D eigenvalue weighted by Crippen LogP contribution is 2.22. The maximum atomic E-state index is 12.6. The molecule has 29 heavy (non-hydrogen) atoms. The Morgan fingerprint density at radius 2 is 1.66 bits per heavy atom. The molecule has 2 amide bonds. The molecular formula is C20H24ClN3O4S. The highest BCUT2D eigenvalue weighted by molar-refractivity contribution is 7.89. The fourth-order valence-corrected chi connectivity index (χ4v) is 4.65. The minimum absolute atomic E-state index is 0.256. The Bertz CT molecular complexity index is 912. The van der Waals surface area contributed by atoms with Crippen molar-refractivity contribution in [2.24, 2.45) is 0 Å². The summed E-state index contributed by atoms with van der Waals surface area (Å²) in [5, 5.41) is 5.97. The molecule has 1 heterocycles. The largest absolute Gasteiger partial charge is 0.492 e. The van der Waals surface area contributed by atoms with Gasteiger partial charge in [-0.2, -0.15) is 4.31 Å². The summed E-state index contributed by atoms with van der Waals surface area (Å²) in [5.41, 5.74) is 0.637. The molecule has 1 fully saturated rings. The molecule has 2 N–H and O–H groups in total. The van der Waals surface area contributed by atoms with Gasteiger partial charge in [0.25, 0.3) is 0 Å². The number of anilines is 1. The van der Waals surface area contributed by atoms with Crippen LogP contribution in [0.2, 0.25) is 5.02 Å². The zero-order valence-corrected chi connectivity index (χ0v) is 17.5. The molecule has 0 unspecified atom stereocenters. The second-order valence-corrected chi connectivity index (χ2v) is 9.05. The van der Waals surface area contributed by atoms with Gasteiger partial charge in [0.1, 0.15) is 12.4 Å². The van der Waals surface area contributed by atoms with E-state index in [1.807, 2.05) is 0 Å². The first-order valence-electron chi connectivity index (χ1n) is 9.48. The van der Waals surface area contributed by atoms with Crippen molar-refractivity contribution < 1.29 is 17.9 Å². The monoisotopic (exact) mass is 437 g/mol. The molecule has 1 aliphatic heterocycles. The highest BCUT2D eigenvalue weighted by atomic mass is 35.5. The SMILES string of the molecule is O=C(NCCOc1ccc(S(=O)(=O)N2CCCCC2)cc1)Nc1ccc(Cl)cc1. The summed E-state index contributed by atoms with van der Waals surface area (Å²) in [5.74, 6) is 0.544. The number of carbonyl (C=O) groups is 1. The van der Waals surface area contributed by atoms with E-state index in [-0.39, 0.29) is 17.5 Å². The molecule has 0 bridgehead atoms. The minimum Gasteiger partial charge on any atom is -0.492 e. The van der Waals surface area contributed by atoms with Crippen molar-refractivity contribution in [3.8, 4) is 5.75 Å². The number of nitrogens with one attached hydrogen (secondary N) is 2. The molecule has 0 aliphatic carbocycles. The van der Waals surface area contributed by atoms with Crippen LogP contribution in [0.15, 0.2) is 53.4 Å². The van der Waals surface area contributed by atoms with Crippen molar-refractivity contribution in [2.75, 3.05) is 31.6 Å². The third-order valence-corrected chi connectivity index (χ3v) is 6.70. The molecular weight excluding hydrogens is 414 g/mol. The quantitative estimate of drug-likeness (QED) is 0.646. The number of benzene rings is 2. The Kier molecular flexibility index (Phi) is 7.35. The van der Waals surface area contributed by atoms with Crippen molar-refractivity contribution >= 4 is 33.3 Å². The molecule has 2 aromatic carbocycles. The van der Waals surface area contributed by atoms with Gasteiger partial charge in [-0.05, 0) is 61.4 Å². The molecule has 0 aromatic heterocycles. The van der Waals surface area contributed by atoms with Crippen LogP contribution in [0.5, 0.6) is 5.75 Å². The first-order valence-corrected chi connectivity index (χ1v) is 11.3. The van der Waals surface area contributed by atoms with Crippen molar-refractivity contribution in [1.29, 1.82) is 0 Å². The number of rotatable bonds is 7. The van der Waals surface area contributed by atoms with E-state index in [0.717, 1.165) is 19.3 Å². The molecule has 0 saturated carbocycles. The predicted molar refractivity (Wildman–Crippen MR) is 113 cm³/mol. The number of nitrogens with zero attached hydrogens (tertiary/aromatic N) is 1. The average Bonchev–Trinajstić information content (AvgIpc) is 2.74. The van der Waals surface area contributed by atoms with Crippen molar-refractivity contribution in [3.63, 3.8) is 0 Å². The van der Waals surface area contributed by atoms with E-state index in [9.17, 15) is 13.2 Å².